The third kappa shape index (κ3) is 1.51. The molecule has 0 saturated carbocycles. The van der Waals surface area contributed by atoms with Crippen LogP contribution in [0.25, 0.3) is 0 Å². The summed E-state index contributed by atoms with van der Waals surface area (Å²) in [5.41, 5.74) is 1.34. The van der Waals surface area contributed by atoms with E-state index in [1.807, 2.05) is 0 Å². The van der Waals surface area contributed by atoms with Crippen LogP contribution < -0.4 is 0 Å². The lowest BCUT2D eigenvalue weighted by Crippen LogP contribution is -2.44. The Morgan fingerprint density at radius 1 is 1.22 bits per heavy atom. The molecular weight excluding hydrogens is 222 g/mol. The Labute approximate surface area is 109 Å². The Morgan fingerprint density at radius 3 is 2.61 bits per heavy atom. The number of amides is 1. The van der Waals surface area contributed by atoms with Crippen LogP contribution in [0.3, 0.4) is 0 Å². The summed E-state index contributed by atoms with van der Waals surface area (Å²) >= 11 is 0. The molecule has 96 valence electrons. The van der Waals surface area contributed by atoms with Gasteiger partial charge in [-0.3, -0.25) is 4.79 Å². The van der Waals surface area contributed by atoms with Gasteiger partial charge >= 0.3 is 0 Å². The highest BCUT2D eigenvalue weighted by Gasteiger charge is 2.54. The molecule has 2 heterocycles. The average Bonchev–Trinajstić information content (AvgIpc) is 2.91. The van der Waals surface area contributed by atoms with Gasteiger partial charge in [0, 0.05) is 12.5 Å². The smallest absolute Gasteiger partial charge is 0.223 e. The molecule has 2 aliphatic rings. The van der Waals surface area contributed by atoms with Crippen molar-refractivity contribution in [2.24, 2.45) is 5.92 Å². The topological polar surface area (TPSA) is 20.3 Å². The fourth-order valence-electron chi connectivity index (χ4n) is 3.86. The number of carbonyl (C=O) groups excluding carboxylic acids is 1. The molecule has 0 unspecified atom stereocenters. The van der Waals surface area contributed by atoms with Gasteiger partial charge in [0.15, 0.2) is 0 Å². The van der Waals surface area contributed by atoms with Crippen molar-refractivity contribution in [1.29, 1.82) is 0 Å². The Kier molecular flexibility index (Phi) is 2.69. The van der Waals surface area contributed by atoms with Crippen molar-refractivity contribution < 1.29 is 4.79 Å². The van der Waals surface area contributed by atoms with Gasteiger partial charge in [-0.15, -0.1) is 0 Å². The number of fused-ring (bicyclic) bond motifs is 1. The predicted octanol–water partition coefficient (Wildman–Crippen LogP) is 3.32. The number of hydrogen-bond acceptors (Lipinski definition) is 1. The first-order chi connectivity index (χ1) is 8.65. The third-order valence-electron chi connectivity index (χ3n) is 4.75. The zero-order valence-corrected chi connectivity index (χ0v) is 11.2. The van der Waals surface area contributed by atoms with E-state index in [0.717, 1.165) is 25.7 Å². The number of carbonyl (C=O) groups is 1. The summed E-state index contributed by atoms with van der Waals surface area (Å²) in [7, 11) is 0. The minimum Gasteiger partial charge on any atom is -0.330 e. The Balaban J connectivity index is 2.04. The first kappa shape index (κ1) is 11.8. The van der Waals surface area contributed by atoms with E-state index in [4.69, 9.17) is 0 Å². The van der Waals surface area contributed by atoms with Crippen LogP contribution >= 0.6 is 0 Å². The molecule has 2 nitrogen and oxygen atoms in total. The quantitative estimate of drug-likeness (QED) is 0.780. The molecule has 3 rings (SSSR count). The zero-order valence-electron chi connectivity index (χ0n) is 11.2. The van der Waals surface area contributed by atoms with E-state index in [1.54, 1.807) is 0 Å². The number of rotatable bonds is 2. The van der Waals surface area contributed by atoms with Crippen LogP contribution in [0, 0.1) is 5.92 Å². The summed E-state index contributed by atoms with van der Waals surface area (Å²) in [5, 5.41) is 0. The summed E-state index contributed by atoms with van der Waals surface area (Å²) in [6, 6.07) is 11.0. The van der Waals surface area contributed by atoms with Crippen LogP contribution in [-0.2, 0) is 10.3 Å². The largest absolute Gasteiger partial charge is 0.330 e. The fourth-order valence-corrected chi connectivity index (χ4v) is 3.86. The number of benzene rings is 1. The zero-order chi connectivity index (χ0) is 12.8. The maximum atomic E-state index is 12.3. The lowest BCUT2D eigenvalue weighted by atomic mass is 9.86. The normalized spacial score (nSPS) is 31.2. The highest BCUT2D eigenvalue weighted by atomic mass is 16.2. The summed E-state index contributed by atoms with van der Waals surface area (Å²) in [5.74, 6) is 0.910. The Bertz CT molecular complexity index is 453. The molecule has 0 spiro atoms. The molecule has 18 heavy (non-hydrogen) atoms. The first-order valence-electron chi connectivity index (χ1n) is 7.03. The first-order valence-corrected chi connectivity index (χ1v) is 7.03. The van der Waals surface area contributed by atoms with Crippen molar-refractivity contribution >= 4 is 5.91 Å². The molecule has 2 heteroatoms. The van der Waals surface area contributed by atoms with Crippen LogP contribution in [0.4, 0.5) is 0 Å². The van der Waals surface area contributed by atoms with Crippen LogP contribution in [0.15, 0.2) is 30.3 Å². The molecule has 0 N–H and O–H groups in total. The molecule has 2 atom stereocenters. The van der Waals surface area contributed by atoms with E-state index in [-0.39, 0.29) is 5.54 Å². The molecule has 0 aromatic heterocycles. The van der Waals surface area contributed by atoms with Gasteiger partial charge in [-0.2, -0.15) is 0 Å². The SMILES string of the molecule is CC(C)[C@@H]1CC[C@@]2(c3ccccc3)CCC(=O)N12. The van der Waals surface area contributed by atoms with Crippen molar-refractivity contribution in [1.82, 2.24) is 4.90 Å². The Morgan fingerprint density at radius 2 is 1.94 bits per heavy atom. The fraction of sp³-hybridized carbons (Fsp3) is 0.562. The van der Waals surface area contributed by atoms with E-state index >= 15 is 0 Å². The number of hydrogen-bond donors (Lipinski definition) is 0. The lowest BCUT2D eigenvalue weighted by Gasteiger charge is -2.37. The van der Waals surface area contributed by atoms with Crippen molar-refractivity contribution in [3.8, 4) is 0 Å². The summed E-state index contributed by atoms with van der Waals surface area (Å²) < 4.78 is 0. The van der Waals surface area contributed by atoms with E-state index in [2.05, 4.69) is 49.1 Å². The minimum atomic E-state index is 0.00722. The van der Waals surface area contributed by atoms with Gasteiger partial charge < -0.3 is 4.90 Å². The van der Waals surface area contributed by atoms with Gasteiger partial charge in [0.1, 0.15) is 0 Å². The second-order valence-electron chi connectivity index (χ2n) is 6.01. The van der Waals surface area contributed by atoms with E-state index in [0.29, 0.717) is 17.9 Å². The Hall–Kier alpha value is -1.31. The maximum absolute atomic E-state index is 12.3. The molecule has 1 aromatic carbocycles. The second kappa shape index (κ2) is 4.11. The number of nitrogens with zero attached hydrogens (tertiary/aromatic N) is 1. The van der Waals surface area contributed by atoms with Crippen LogP contribution in [0.5, 0.6) is 0 Å². The van der Waals surface area contributed by atoms with Gasteiger partial charge in [0.2, 0.25) is 5.91 Å². The second-order valence-corrected chi connectivity index (χ2v) is 6.01. The van der Waals surface area contributed by atoms with E-state index in [9.17, 15) is 4.79 Å². The summed E-state index contributed by atoms with van der Waals surface area (Å²) in [4.78, 5) is 14.5. The van der Waals surface area contributed by atoms with Crippen molar-refractivity contribution in [3.63, 3.8) is 0 Å². The molecule has 2 saturated heterocycles. The molecule has 0 bridgehead atoms. The lowest BCUT2D eigenvalue weighted by molar-refractivity contribution is -0.132. The molecule has 2 fully saturated rings. The molecule has 0 radical (unpaired) electrons. The van der Waals surface area contributed by atoms with Gasteiger partial charge in [-0.1, -0.05) is 44.2 Å². The highest BCUT2D eigenvalue weighted by Crippen LogP contribution is 2.51. The third-order valence-corrected chi connectivity index (χ3v) is 4.75. The van der Waals surface area contributed by atoms with Crippen molar-refractivity contribution in [2.75, 3.05) is 0 Å². The molecule has 2 aliphatic heterocycles. The van der Waals surface area contributed by atoms with Crippen LogP contribution in [-0.4, -0.2) is 16.8 Å². The van der Waals surface area contributed by atoms with Crippen molar-refractivity contribution in [2.45, 2.75) is 51.1 Å². The van der Waals surface area contributed by atoms with Crippen LogP contribution in [0.2, 0.25) is 0 Å². The van der Waals surface area contributed by atoms with Gasteiger partial charge in [-0.05, 0) is 30.7 Å². The van der Waals surface area contributed by atoms with Gasteiger partial charge in [0.05, 0.1) is 5.54 Å². The van der Waals surface area contributed by atoms with E-state index in [1.165, 1.54) is 5.56 Å². The van der Waals surface area contributed by atoms with Gasteiger partial charge in [0.25, 0.3) is 0 Å². The minimum absolute atomic E-state index is 0.00722. The maximum Gasteiger partial charge on any atom is 0.223 e. The standard InChI is InChI=1S/C16H21NO/c1-12(2)14-8-10-16(11-9-15(18)17(14)16)13-6-4-3-5-7-13/h3-7,12,14H,8-11H2,1-2H3/t14-,16-/m0/s1. The summed E-state index contributed by atoms with van der Waals surface area (Å²) in [6.45, 7) is 4.47. The molecule has 0 aliphatic carbocycles. The highest BCUT2D eigenvalue weighted by molar-refractivity contribution is 5.81. The molecule has 1 amide bonds. The summed E-state index contributed by atoms with van der Waals surface area (Å²) in [6.07, 6.45) is 4.00. The predicted molar refractivity (Wildman–Crippen MR) is 72.1 cm³/mol. The van der Waals surface area contributed by atoms with Crippen molar-refractivity contribution in [3.05, 3.63) is 35.9 Å². The monoisotopic (exact) mass is 243 g/mol. The van der Waals surface area contributed by atoms with Gasteiger partial charge in [-0.25, -0.2) is 0 Å². The average molecular weight is 243 g/mol. The molecular formula is C16H21NO. The molecule has 1 aromatic rings. The van der Waals surface area contributed by atoms with E-state index < -0.39 is 0 Å². The van der Waals surface area contributed by atoms with Crippen LogP contribution in [0.1, 0.15) is 45.1 Å².